The molecule has 0 heteroatoms. The lowest BCUT2D eigenvalue weighted by Crippen LogP contribution is -2.13. The van der Waals surface area contributed by atoms with Crippen molar-refractivity contribution in [1.82, 2.24) is 0 Å². The lowest BCUT2D eigenvalue weighted by atomic mass is 9.77. The van der Waals surface area contributed by atoms with Crippen LogP contribution in [0.3, 0.4) is 0 Å². The standard InChI is InChI=1S/C29H42/c1-4-6-7-9-25-10-16-27(17-11-25)23(3)22-26-14-20-29(21-15-26)28-18-12-24(8-5-2)13-19-28/h10-11,14-17,20-21,23-24,28H,4-9,12-13,18-19,22H2,1-3H3. The third-order valence-corrected chi connectivity index (χ3v) is 7.15. The molecule has 1 atom stereocenters. The molecule has 29 heavy (non-hydrogen) atoms. The quantitative estimate of drug-likeness (QED) is 0.355. The monoisotopic (exact) mass is 390 g/mol. The Morgan fingerprint density at radius 1 is 0.759 bits per heavy atom. The number of aryl methyl sites for hydroxylation is 1. The minimum atomic E-state index is 0.579. The van der Waals surface area contributed by atoms with E-state index in [2.05, 4.69) is 69.3 Å². The van der Waals surface area contributed by atoms with E-state index in [-0.39, 0.29) is 0 Å². The van der Waals surface area contributed by atoms with Crippen LogP contribution >= 0.6 is 0 Å². The second kappa shape index (κ2) is 11.6. The maximum absolute atomic E-state index is 2.42. The third kappa shape index (κ3) is 6.73. The minimum Gasteiger partial charge on any atom is -0.0654 e. The summed E-state index contributed by atoms with van der Waals surface area (Å²) < 4.78 is 0. The average molecular weight is 391 g/mol. The van der Waals surface area contributed by atoms with Crippen LogP contribution in [0.4, 0.5) is 0 Å². The Labute approximate surface area is 180 Å². The average Bonchev–Trinajstić information content (AvgIpc) is 2.76. The Morgan fingerprint density at radius 2 is 1.41 bits per heavy atom. The Kier molecular flexibility index (Phi) is 8.84. The molecule has 0 N–H and O–H groups in total. The molecule has 1 aliphatic carbocycles. The molecule has 0 aromatic heterocycles. The first kappa shape index (κ1) is 22.1. The van der Waals surface area contributed by atoms with E-state index in [4.69, 9.17) is 0 Å². The fraction of sp³-hybridized carbons (Fsp3) is 0.586. The molecule has 158 valence electrons. The number of hydrogen-bond acceptors (Lipinski definition) is 0. The normalized spacial score (nSPS) is 20.5. The Hall–Kier alpha value is -1.56. The van der Waals surface area contributed by atoms with E-state index in [0.29, 0.717) is 5.92 Å². The fourth-order valence-corrected chi connectivity index (χ4v) is 5.18. The Balaban J connectivity index is 1.50. The lowest BCUT2D eigenvalue weighted by molar-refractivity contribution is 0.308. The SMILES string of the molecule is CCCCCc1ccc(C(C)Cc2ccc(C3CCC(CCC)CC3)cc2)cc1. The molecule has 0 spiro atoms. The van der Waals surface area contributed by atoms with Gasteiger partial charge in [-0.2, -0.15) is 0 Å². The zero-order valence-electron chi connectivity index (χ0n) is 19.1. The molecular formula is C29H42. The second-order valence-electron chi connectivity index (χ2n) is 9.55. The lowest BCUT2D eigenvalue weighted by Gasteiger charge is -2.28. The van der Waals surface area contributed by atoms with Crippen LogP contribution in [0.1, 0.15) is 113 Å². The van der Waals surface area contributed by atoms with Gasteiger partial charge in [0.05, 0.1) is 0 Å². The molecule has 1 unspecified atom stereocenters. The van der Waals surface area contributed by atoms with Crippen molar-refractivity contribution in [2.75, 3.05) is 0 Å². The van der Waals surface area contributed by atoms with Gasteiger partial charge in [-0.1, -0.05) is 95.0 Å². The van der Waals surface area contributed by atoms with E-state index in [9.17, 15) is 0 Å². The number of hydrogen-bond donors (Lipinski definition) is 0. The second-order valence-corrected chi connectivity index (χ2v) is 9.55. The van der Waals surface area contributed by atoms with Gasteiger partial charge in [0.2, 0.25) is 0 Å². The van der Waals surface area contributed by atoms with Crippen LogP contribution in [-0.4, -0.2) is 0 Å². The number of unbranched alkanes of at least 4 members (excludes halogenated alkanes) is 2. The van der Waals surface area contributed by atoms with E-state index in [1.807, 2.05) is 0 Å². The van der Waals surface area contributed by atoms with Crippen molar-refractivity contribution in [2.45, 2.75) is 103 Å². The van der Waals surface area contributed by atoms with Gasteiger partial charge in [-0.15, -0.1) is 0 Å². The molecule has 0 nitrogen and oxygen atoms in total. The van der Waals surface area contributed by atoms with Gasteiger partial charge >= 0.3 is 0 Å². The Bertz CT molecular complexity index is 686. The first-order chi connectivity index (χ1) is 14.2. The smallest absolute Gasteiger partial charge is 0.0150 e. The van der Waals surface area contributed by atoms with Crippen molar-refractivity contribution < 1.29 is 0 Å². The maximum Gasteiger partial charge on any atom is -0.0150 e. The molecule has 1 saturated carbocycles. The van der Waals surface area contributed by atoms with Crippen molar-refractivity contribution in [3.8, 4) is 0 Å². The summed E-state index contributed by atoms with van der Waals surface area (Å²) in [5.74, 6) is 2.37. The number of benzene rings is 2. The van der Waals surface area contributed by atoms with Crippen molar-refractivity contribution in [1.29, 1.82) is 0 Å². The van der Waals surface area contributed by atoms with Crippen molar-refractivity contribution in [3.05, 3.63) is 70.8 Å². The summed E-state index contributed by atoms with van der Waals surface area (Å²) >= 11 is 0. The molecule has 3 rings (SSSR count). The van der Waals surface area contributed by atoms with Gasteiger partial charge in [0.25, 0.3) is 0 Å². The van der Waals surface area contributed by atoms with E-state index >= 15 is 0 Å². The fourth-order valence-electron chi connectivity index (χ4n) is 5.18. The summed E-state index contributed by atoms with van der Waals surface area (Å²) in [7, 11) is 0. The molecule has 0 saturated heterocycles. The van der Waals surface area contributed by atoms with Crippen molar-refractivity contribution in [2.24, 2.45) is 5.92 Å². The molecule has 0 heterocycles. The van der Waals surface area contributed by atoms with Crippen LogP contribution in [-0.2, 0) is 12.8 Å². The number of rotatable bonds is 10. The maximum atomic E-state index is 2.42. The minimum absolute atomic E-state index is 0.579. The molecule has 2 aromatic rings. The Morgan fingerprint density at radius 3 is 2.03 bits per heavy atom. The molecule has 0 aliphatic heterocycles. The van der Waals surface area contributed by atoms with Crippen molar-refractivity contribution in [3.63, 3.8) is 0 Å². The summed E-state index contributed by atoms with van der Waals surface area (Å²) in [5.41, 5.74) is 6.02. The van der Waals surface area contributed by atoms with Crippen LogP contribution in [0.2, 0.25) is 0 Å². The van der Waals surface area contributed by atoms with Gasteiger partial charge in [0.1, 0.15) is 0 Å². The zero-order chi connectivity index (χ0) is 20.5. The van der Waals surface area contributed by atoms with E-state index in [1.54, 1.807) is 5.56 Å². The van der Waals surface area contributed by atoms with Crippen LogP contribution in [0.15, 0.2) is 48.5 Å². The predicted octanol–water partition coefficient (Wildman–Crippen LogP) is 8.84. The van der Waals surface area contributed by atoms with Crippen LogP contribution < -0.4 is 0 Å². The van der Waals surface area contributed by atoms with Crippen LogP contribution in [0, 0.1) is 5.92 Å². The highest BCUT2D eigenvalue weighted by molar-refractivity contribution is 5.30. The van der Waals surface area contributed by atoms with Gasteiger partial charge in [-0.25, -0.2) is 0 Å². The van der Waals surface area contributed by atoms with Gasteiger partial charge in [-0.05, 0) is 85.0 Å². The summed E-state index contributed by atoms with van der Waals surface area (Å²) in [6.45, 7) is 6.97. The molecule has 1 aliphatic rings. The topological polar surface area (TPSA) is 0 Å². The molecule has 2 aromatic carbocycles. The summed E-state index contributed by atoms with van der Waals surface area (Å²) in [6, 6.07) is 19.0. The highest BCUT2D eigenvalue weighted by atomic mass is 14.3. The molecule has 0 radical (unpaired) electrons. The van der Waals surface area contributed by atoms with Gasteiger partial charge in [0, 0.05) is 0 Å². The molecular weight excluding hydrogens is 348 g/mol. The largest absolute Gasteiger partial charge is 0.0654 e. The molecule has 1 fully saturated rings. The zero-order valence-corrected chi connectivity index (χ0v) is 19.1. The highest BCUT2D eigenvalue weighted by Gasteiger charge is 2.21. The predicted molar refractivity (Wildman–Crippen MR) is 128 cm³/mol. The van der Waals surface area contributed by atoms with E-state index in [1.165, 1.54) is 80.9 Å². The van der Waals surface area contributed by atoms with Gasteiger partial charge in [0.15, 0.2) is 0 Å². The van der Waals surface area contributed by atoms with Crippen molar-refractivity contribution >= 4 is 0 Å². The van der Waals surface area contributed by atoms with E-state index in [0.717, 1.165) is 18.3 Å². The summed E-state index contributed by atoms with van der Waals surface area (Å²) in [4.78, 5) is 0. The van der Waals surface area contributed by atoms with Gasteiger partial charge < -0.3 is 0 Å². The van der Waals surface area contributed by atoms with Crippen LogP contribution in [0.25, 0.3) is 0 Å². The van der Waals surface area contributed by atoms with Gasteiger partial charge in [-0.3, -0.25) is 0 Å². The summed E-state index contributed by atoms with van der Waals surface area (Å²) in [6.07, 6.45) is 14.8. The molecule has 0 amide bonds. The first-order valence-corrected chi connectivity index (χ1v) is 12.4. The summed E-state index contributed by atoms with van der Waals surface area (Å²) in [5, 5.41) is 0. The third-order valence-electron chi connectivity index (χ3n) is 7.15. The van der Waals surface area contributed by atoms with Crippen LogP contribution in [0.5, 0.6) is 0 Å². The molecule has 0 bridgehead atoms. The highest BCUT2D eigenvalue weighted by Crippen LogP contribution is 2.37. The first-order valence-electron chi connectivity index (χ1n) is 12.4. The van der Waals surface area contributed by atoms with E-state index < -0.39 is 0 Å².